The van der Waals surface area contributed by atoms with Crippen LogP contribution in [0.2, 0.25) is 0 Å². The summed E-state index contributed by atoms with van der Waals surface area (Å²) in [5.74, 6) is 2.78. The van der Waals surface area contributed by atoms with E-state index in [0.29, 0.717) is 16.9 Å². The molecular weight excluding hydrogens is 396 g/mol. The summed E-state index contributed by atoms with van der Waals surface area (Å²) in [5.41, 5.74) is 0. The van der Waals surface area contributed by atoms with Gasteiger partial charge in [0.1, 0.15) is 32.0 Å². The van der Waals surface area contributed by atoms with Gasteiger partial charge in [-0.2, -0.15) is 9.78 Å². The highest BCUT2D eigenvalue weighted by Crippen LogP contribution is 2.22. The van der Waals surface area contributed by atoms with E-state index in [4.69, 9.17) is 17.3 Å². The van der Waals surface area contributed by atoms with Gasteiger partial charge in [-0.25, -0.2) is 13.4 Å². The van der Waals surface area contributed by atoms with Crippen molar-refractivity contribution in [1.29, 1.82) is 0 Å². The van der Waals surface area contributed by atoms with Gasteiger partial charge in [0.05, 0.1) is 17.7 Å². The Balaban J connectivity index is 1.37. The van der Waals surface area contributed by atoms with E-state index in [1.807, 2.05) is 28.6 Å². The van der Waals surface area contributed by atoms with Crippen LogP contribution in [-0.4, -0.2) is 60.5 Å². The van der Waals surface area contributed by atoms with Gasteiger partial charge >= 0.3 is 0 Å². The van der Waals surface area contributed by atoms with Crippen LogP contribution in [0.25, 0.3) is 0 Å². The number of nitrogens with one attached hydrogen (secondary N) is 2. The maximum absolute atomic E-state index is 11.7. The number of quaternary nitrogens is 1. The van der Waals surface area contributed by atoms with Gasteiger partial charge in [-0.05, 0) is 30.6 Å². The van der Waals surface area contributed by atoms with E-state index in [2.05, 4.69) is 22.0 Å². The zero-order valence-electron chi connectivity index (χ0n) is 16.2. The monoisotopic (exact) mass is 424 g/mol. The number of aromatic nitrogens is 4. The molecule has 8 nitrogen and oxygen atoms in total. The normalized spacial score (nSPS) is 22.6. The number of piperazine rings is 1. The molecule has 2 saturated heterocycles. The van der Waals surface area contributed by atoms with Crippen LogP contribution in [0.3, 0.4) is 0 Å². The molecule has 10 heteroatoms. The SMILES string of the molecule is Cn1c(C[C@H]2CCS(=O)(=O)C2)nn(C[NH+]2CCN(c3cccc[nH+]3)CC2)c1=S. The number of rotatable bonds is 5. The second-order valence-electron chi connectivity index (χ2n) is 7.87. The number of pyridine rings is 1. The van der Waals surface area contributed by atoms with E-state index < -0.39 is 9.84 Å². The topological polar surface area (TPSA) is 78.7 Å². The van der Waals surface area contributed by atoms with Gasteiger partial charge in [0.2, 0.25) is 4.77 Å². The molecule has 2 aliphatic rings. The molecule has 0 aliphatic carbocycles. The third kappa shape index (κ3) is 4.28. The summed E-state index contributed by atoms with van der Waals surface area (Å²) < 4.78 is 28.0. The zero-order valence-corrected chi connectivity index (χ0v) is 17.8. The summed E-state index contributed by atoms with van der Waals surface area (Å²) in [4.78, 5) is 7.12. The van der Waals surface area contributed by atoms with Crippen molar-refractivity contribution in [3.63, 3.8) is 0 Å². The maximum atomic E-state index is 11.7. The van der Waals surface area contributed by atoms with Crippen LogP contribution in [0.5, 0.6) is 0 Å². The van der Waals surface area contributed by atoms with Crippen molar-refractivity contribution >= 4 is 27.9 Å². The van der Waals surface area contributed by atoms with Crippen LogP contribution < -0.4 is 14.8 Å². The second-order valence-corrected chi connectivity index (χ2v) is 10.5. The lowest BCUT2D eigenvalue weighted by Gasteiger charge is -2.27. The van der Waals surface area contributed by atoms with E-state index in [-0.39, 0.29) is 11.7 Å². The third-order valence-corrected chi connectivity index (χ3v) is 8.13. The quantitative estimate of drug-likeness (QED) is 0.630. The molecule has 0 radical (unpaired) electrons. The van der Waals surface area contributed by atoms with Crippen molar-refractivity contribution in [2.24, 2.45) is 13.0 Å². The van der Waals surface area contributed by atoms with Gasteiger partial charge in [-0.15, -0.1) is 0 Å². The summed E-state index contributed by atoms with van der Waals surface area (Å²) in [6.07, 6.45) is 3.36. The number of nitrogens with zero attached hydrogens (tertiary/aromatic N) is 4. The predicted octanol–water partition coefficient (Wildman–Crippen LogP) is -0.895. The first-order chi connectivity index (χ1) is 13.4. The Morgan fingerprint density at radius 3 is 2.75 bits per heavy atom. The molecule has 0 bridgehead atoms. The number of hydrogen-bond donors (Lipinski definition) is 1. The second kappa shape index (κ2) is 7.92. The standard InChI is InChI=1S/C18H26N6O2S2/c1-21-17(12-15-5-11-28(25,26)13-15)20-24(18(21)27)14-22-7-9-23(10-8-22)16-4-2-3-6-19-16/h2-4,6,15H,5,7-14H2,1H3/p+2/t15-/m1/s1. The third-order valence-electron chi connectivity index (χ3n) is 5.81. The Hall–Kier alpha value is -1.78. The molecule has 0 amide bonds. The lowest BCUT2D eigenvalue weighted by molar-refractivity contribution is -0.924. The van der Waals surface area contributed by atoms with Crippen molar-refractivity contribution in [3.8, 4) is 0 Å². The Bertz CT molecular complexity index is 977. The number of aromatic amines is 1. The molecule has 2 fully saturated rings. The molecule has 2 aromatic heterocycles. The highest BCUT2D eigenvalue weighted by molar-refractivity contribution is 7.91. The predicted molar refractivity (Wildman–Crippen MR) is 108 cm³/mol. The average molecular weight is 425 g/mol. The van der Waals surface area contributed by atoms with Gasteiger partial charge in [0.15, 0.2) is 16.5 Å². The largest absolute Gasteiger partial charge is 0.310 e. The number of H-pyrrole nitrogens is 1. The Morgan fingerprint density at radius 2 is 2.11 bits per heavy atom. The fourth-order valence-corrected chi connectivity index (χ4v) is 6.19. The van der Waals surface area contributed by atoms with Crippen LogP contribution in [0.15, 0.2) is 24.4 Å². The molecule has 0 spiro atoms. The molecule has 2 N–H and O–H groups in total. The molecule has 2 aromatic rings. The van der Waals surface area contributed by atoms with Gasteiger partial charge in [-0.1, -0.05) is 6.07 Å². The maximum Gasteiger partial charge on any atom is 0.274 e. The lowest BCUT2D eigenvalue weighted by atomic mass is 10.1. The zero-order chi connectivity index (χ0) is 19.7. The van der Waals surface area contributed by atoms with Gasteiger partial charge in [0.25, 0.3) is 5.82 Å². The summed E-state index contributed by atoms with van der Waals surface area (Å²) in [6.45, 7) is 4.78. The van der Waals surface area contributed by atoms with Crippen LogP contribution >= 0.6 is 12.2 Å². The Labute approximate surface area is 170 Å². The first kappa shape index (κ1) is 19.5. The Morgan fingerprint density at radius 1 is 1.32 bits per heavy atom. The minimum absolute atomic E-state index is 0.159. The molecule has 152 valence electrons. The molecule has 4 rings (SSSR count). The summed E-state index contributed by atoms with van der Waals surface area (Å²) >= 11 is 5.58. The van der Waals surface area contributed by atoms with Crippen molar-refractivity contribution < 1.29 is 18.3 Å². The molecule has 1 atom stereocenters. The molecular formula is C18H28N6O2S2+2. The van der Waals surface area contributed by atoms with E-state index >= 15 is 0 Å². The highest BCUT2D eigenvalue weighted by Gasteiger charge is 2.30. The highest BCUT2D eigenvalue weighted by atomic mass is 32.2. The van der Waals surface area contributed by atoms with Crippen LogP contribution in [0.4, 0.5) is 5.82 Å². The lowest BCUT2D eigenvalue weighted by Crippen LogP contribution is -3.14. The van der Waals surface area contributed by atoms with Crippen LogP contribution in [0, 0.1) is 10.7 Å². The van der Waals surface area contributed by atoms with Crippen LogP contribution in [-0.2, 0) is 30.0 Å². The van der Waals surface area contributed by atoms with Gasteiger partial charge in [-0.3, -0.25) is 4.90 Å². The molecule has 0 saturated carbocycles. The minimum Gasteiger partial charge on any atom is -0.310 e. The fourth-order valence-electron chi connectivity index (χ4n) is 4.12. The number of anilines is 1. The van der Waals surface area contributed by atoms with Gasteiger partial charge in [0, 0.05) is 19.5 Å². The summed E-state index contributed by atoms with van der Waals surface area (Å²) in [7, 11) is -0.930. The molecule has 4 heterocycles. The van der Waals surface area contributed by atoms with Gasteiger partial charge < -0.3 is 9.47 Å². The summed E-state index contributed by atoms with van der Waals surface area (Å²) in [5, 5.41) is 4.73. The number of hydrogen-bond acceptors (Lipinski definition) is 5. The van der Waals surface area contributed by atoms with Crippen molar-refractivity contribution in [3.05, 3.63) is 35.0 Å². The molecule has 2 aliphatic heterocycles. The average Bonchev–Trinajstić information content (AvgIpc) is 3.17. The fraction of sp³-hybridized carbons (Fsp3) is 0.611. The summed E-state index contributed by atoms with van der Waals surface area (Å²) in [6, 6.07) is 6.15. The molecule has 0 unspecified atom stereocenters. The van der Waals surface area contributed by atoms with E-state index in [1.165, 1.54) is 4.90 Å². The van der Waals surface area contributed by atoms with Crippen molar-refractivity contribution in [1.82, 2.24) is 14.3 Å². The van der Waals surface area contributed by atoms with Crippen LogP contribution in [0.1, 0.15) is 12.2 Å². The smallest absolute Gasteiger partial charge is 0.274 e. The molecule has 28 heavy (non-hydrogen) atoms. The first-order valence-corrected chi connectivity index (χ1v) is 12.0. The van der Waals surface area contributed by atoms with Crippen molar-refractivity contribution in [2.75, 3.05) is 42.6 Å². The Kier molecular flexibility index (Phi) is 5.52. The van der Waals surface area contributed by atoms with E-state index in [9.17, 15) is 8.42 Å². The van der Waals surface area contributed by atoms with Crippen molar-refractivity contribution in [2.45, 2.75) is 19.5 Å². The number of sulfone groups is 1. The first-order valence-electron chi connectivity index (χ1n) is 9.80. The van der Waals surface area contributed by atoms with E-state index in [1.54, 1.807) is 0 Å². The van der Waals surface area contributed by atoms with E-state index in [0.717, 1.165) is 50.9 Å². The minimum atomic E-state index is -2.86. The molecule has 0 aromatic carbocycles.